The van der Waals surface area contributed by atoms with Crippen LogP contribution < -0.4 is 0 Å². The van der Waals surface area contributed by atoms with Gasteiger partial charge in [0.15, 0.2) is 0 Å². The van der Waals surface area contributed by atoms with Crippen LogP contribution in [0.4, 0.5) is 4.39 Å². The number of benzene rings is 1. The van der Waals surface area contributed by atoms with Gasteiger partial charge >= 0.3 is 0 Å². The number of hydrogen-bond acceptors (Lipinski definition) is 2. The van der Waals surface area contributed by atoms with Crippen LogP contribution in [0.25, 0.3) is 10.9 Å². The Balaban J connectivity index is 1.81. The van der Waals surface area contributed by atoms with Crippen LogP contribution in [0.3, 0.4) is 0 Å². The van der Waals surface area contributed by atoms with Gasteiger partial charge in [0.25, 0.3) is 5.91 Å². The molecule has 0 bridgehead atoms. The van der Waals surface area contributed by atoms with Gasteiger partial charge in [0.1, 0.15) is 5.82 Å². The summed E-state index contributed by atoms with van der Waals surface area (Å²) in [7, 11) is 1.78. The first-order valence-electron chi connectivity index (χ1n) is 7.75. The van der Waals surface area contributed by atoms with Gasteiger partial charge in [-0.15, -0.1) is 0 Å². The normalized spacial score (nSPS) is 22.0. The van der Waals surface area contributed by atoms with Crippen LogP contribution in [0, 0.1) is 11.7 Å². The number of aliphatic hydroxyl groups excluding tert-OH is 1. The third-order valence-corrected chi connectivity index (χ3v) is 4.83. The summed E-state index contributed by atoms with van der Waals surface area (Å²) in [4.78, 5) is 17.4. The van der Waals surface area contributed by atoms with Gasteiger partial charge in [-0.1, -0.05) is 6.07 Å². The summed E-state index contributed by atoms with van der Waals surface area (Å²) in [6.07, 6.45) is 5.23. The van der Waals surface area contributed by atoms with E-state index in [1.807, 2.05) is 0 Å². The van der Waals surface area contributed by atoms with Crippen molar-refractivity contribution in [3.63, 3.8) is 0 Å². The summed E-state index contributed by atoms with van der Waals surface area (Å²) < 4.78 is 14.0. The predicted octanol–water partition coefficient (Wildman–Crippen LogP) is 2.93. The summed E-state index contributed by atoms with van der Waals surface area (Å²) in [6, 6.07) is 4.93. The van der Waals surface area contributed by atoms with Crippen molar-refractivity contribution in [2.75, 3.05) is 13.7 Å². The number of aromatic amines is 1. The van der Waals surface area contributed by atoms with Gasteiger partial charge in [0, 0.05) is 36.8 Å². The maximum absolute atomic E-state index is 14.0. The molecule has 1 aromatic heterocycles. The van der Waals surface area contributed by atoms with Crippen LogP contribution in [-0.2, 0) is 0 Å². The highest BCUT2D eigenvalue weighted by Gasteiger charge is 2.28. The molecule has 0 atom stereocenters. The van der Waals surface area contributed by atoms with Gasteiger partial charge < -0.3 is 15.0 Å². The van der Waals surface area contributed by atoms with Gasteiger partial charge in [-0.2, -0.15) is 0 Å². The van der Waals surface area contributed by atoms with Crippen LogP contribution in [0.15, 0.2) is 24.4 Å². The minimum Gasteiger partial charge on any atom is -0.396 e. The number of aliphatic hydroxyl groups is 1. The summed E-state index contributed by atoms with van der Waals surface area (Å²) in [5, 5.41) is 9.56. The Kier molecular flexibility index (Phi) is 4.16. The second-order valence-electron chi connectivity index (χ2n) is 6.14. The molecule has 1 heterocycles. The Bertz CT molecular complexity index is 674. The van der Waals surface area contributed by atoms with Crippen LogP contribution in [0.1, 0.15) is 36.0 Å². The number of nitrogens with one attached hydrogen (secondary N) is 1. The van der Waals surface area contributed by atoms with Crippen molar-refractivity contribution in [1.29, 1.82) is 0 Å². The molecule has 1 fully saturated rings. The minimum atomic E-state index is -0.375. The van der Waals surface area contributed by atoms with Crippen LogP contribution in [0.2, 0.25) is 0 Å². The number of hydrogen-bond donors (Lipinski definition) is 2. The second-order valence-corrected chi connectivity index (χ2v) is 6.14. The summed E-state index contributed by atoms with van der Waals surface area (Å²) in [5.41, 5.74) is 1.03. The van der Waals surface area contributed by atoms with Crippen molar-refractivity contribution in [2.24, 2.45) is 5.92 Å². The standard InChI is InChI=1S/C17H21FN2O2/c1-20(12-7-5-11(10-21)6-8-12)17(22)13-9-19-15-4-2-3-14(18)16(13)15/h2-4,9,11-12,19,21H,5-8,10H2,1H3. The van der Waals surface area contributed by atoms with E-state index in [9.17, 15) is 14.3 Å². The Morgan fingerprint density at radius 1 is 1.36 bits per heavy atom. The molecule has 1 aliphatic rings. The molecule has 0 spiro atoms. The molecule has 4 nitrogen and oxygen atoms in total. The molecule has 0 saturated heterocycles. The highest BCUT2D eigenvalue weighted by molar-refractivity contribution is 6.06. The van der Waals surface area contributed by atoms with Gasteiger partial charge in [-0.05, 0) is 43.7 Å². The second kappa shape index (κ2) is 6.08. The molecule has 1 aliphatic carbocycles. The molecule has 5 heteroatoms. The maximum Gasteiger partial charge on any atom is 0.256 e. The molecule has 1 saturated carbocycles. The fourth-order valence-corrected chi connectivity index (χ4v) is 3.38. The van der Waals surface area contributed by atoms with Crippen LogP contribution >= 0.6 is 0 Å². The third-order valence-electron chi connectivity index (χ3n) is 4.83. The zero-order chi connectivity index (χ0) is 15.7. The first-order valence-corrected chi connectivity index (χ1v) is 7.75. The van der Waals surface area contributed by atoms with Crippen molar-refractivity contribution >= 4 is 16.8 Å². The van der Waals surface area contributed by atoms with E-state index >= 15 is 0 Å². The van der Waals surface area contributed by atoms with E-state index in [0.717, 1.165) is 25.7 Å². The number of halogens is 1. The minimum absolute atomic E-state index is 0.149. The zero-order valence-corrected chi connectivity index (χ0v) is 12.7. The Morgan fingerprint density at radius 2 is 2.09 bits per heavy atom. The lowest BCUT2D eigenvalue weighted by Gasteiger charge is -2.34. The molecule has 0 radical (unpaired) electrons. The fourth-order valence-electron chi connectivity index (χ4n) is 3.38. The van der Waals surface area contributed by atoms with Crippen LogP contribution in [-0.4, -0.2) is 40.6 Å². The van der Waals surface area contributed by atoms with Crippen molar-refractivity contribution in [3.8, 4) is 0 Å². The van der Waals surface area contributed by atoms with Crippen molar-refractivity contribution in [1.82, 2.24) is 9.88 Å². The van der Waals surface area contributed by atoms with Gasteiger partial charge in [0.05, 0.1) is 5.56 Å². The van der Waals surface area contributed by atoms with E-state index in [4.69, 9.17) is 0 Å². The fraction of sp³-hybridized carbons (Fsp3) is 0.471. The molecule has 0 aliphatic heterocycles. The third kappa shape index (κ3) is 2.61. The topological polar surface area (TPSA) is 56.3 Å². The smallest absolute Gasteiger partial charge is 0.256 e. The lowest BCUT2D eigenvalue weighted by molar-refractivity contribution is 0.0654. The molecular formula is C17H21FN2O2. The highest BCUT2D eigenvalue weighted by Crippen LogP contribution is 2.29. The van der Waals surface area contributed by atoms with Gasteiger partial charge in [-0.3, -0.25) is 4.79 Å². The Morgan fingerprint density at radius 3 is 2.77 bits per heavy atom. The van der Waals surface area contributed by atoms with Crippen molar-refractivity contribution < 1.29 is 14.3 Å². The SMILES string of the molecule is CN(C(=O)c1c[nH]c2cccc(F)c12)C1CCC(CO)CC1. The molecule has 1 aromatic carbocycles. The summed E-state index contributed by atoms with van der Waals surface area (Å²) in [5.74, 6) is -0.173. The van der Waals surface area contributed by atoms with Crippen molar-refractivity contribution in [2.45, 2.75) is 31.7 Å². The quantitative estimate of drug-likeness (QED) is 0.916. The number of carbonyl (C=O) groups excluding carboxylic acids is 1. The monoisotopic (exact) mass is 304 g/mol. The maximum atomic E-state index is 14.0. The average molecular weight is 304 g/mol. The Hall–Kier alpha value is -1.88. The number of aromatic nitrogens is 1. The molecule has 1 amide bonds. The van der Waals surface area contributed by atoms with E-state index < -0.39 is 0 Å². The van der Waals surface area contributed by atoms with E-state index in [2.05, 4.69) is 4.98 Å². The summed E-state index contributed by atoms with van der Waals surface area (Å²) >= 11 is 0. The first kappa shape index (κ1) is 15.0. The van der Waals surface area contributed by atoms with E-state index in [1.165, 1.54) is 6.07 Å². The lowest BCUT2D eigenvalue weighted by Crippen LogP contribution is -2.39. The van der Waals surface area contributed by atoms with E-state index in [-0.39, 0.29) is 24.4 Å². The van der Waals surface area contributed by atoms with E-state index in [1.54, 1.807) is 30.3 Å². The summed E-state index contributed by atoms with van der Waals surface area (Å²) in [6.45, 7) is 0.220. The van der Waals surface area contributed by atoms with E-state index in [0.29, 0.717) is 22.4 Å². The number of carbonyl (C=O) groups is 1. The Labute approximate surface area is 128 Å². The highest BCUT2D eigenvalue weighted by atomic mass is 19.1. The molecule has 22 heavy (non-hydrogen) atoms. The molecular weight excluding hydrogens is 283 g/mol. The number of nitrogens with zero attached hydrogens (tertiary/aromatic N) is 1. The first-order chi connectivity index (χ1) is 10.6. The molecule has 3 rings (SSSR count). The molecule has 118 valence electrons. The predicted molar refractivity (Wildman–Crippen MR) is 83.2 cm³/mol. The molecule has 2 N–H and O–H groups in total. The van der Waals surface area contributed by atoms with Gasteiger partial charge in [-0.25, -0.2) is 4.39 Å². The lowest BCUT2D eigenvalue weighted by atomic mass is 9.86. The number of amides is 1. The van der Waals surface area contributed by atoms with Crippen molar-refractivity contribution in [3.05, 3.63) is 35.8 Å². The molecule has 0 unspecified atom stereocenters. The number of H-pyrrole nitrogens is 1. The zero-order valence-electron chi connectivity index (χ0n) is 12.7. The molecule has 2 aromatic rings. The number of fused-ring (bicyclic) bond motifs is 1. The van der Waals surface area contributed by atoms with Crippen LogP contribution in [0.5, 0.6) is 0 Å². The average Bonchev–Trinajstić information content (AvgIpc) is 2.99. The number of rotatable bonds is 3. The largest absolute Gasteiger partial charge is 0.396 e. The van der Waals surface area contributed by atoms with Gasteiger partial charge in [0.2, 0.25) is 0 Å².